The fraction of sp³-hybridized carbons (Fsp3) is 0.650. The fourth-order valence-corrected chi connectivity index (χ4v) is 4.45. The van der Waals surface area contributed by atoms with E-state index in [0.717, 1.165) is 36.9 Å². The van der Waals surface area contributed by atoms with Crippen molar-refractivity contribution in [3.05, 3.63) is 22.9 Å². The van der Waals surface area contributed by atoms with E-state index in [4.69, 9.17) is 4.74 Å². The van der Waals surface area contributed by atoms with Crippen LogP contribution in [0.4, 0.5) is 0 Å². The topological polar surface area (TPSA) is 95.6 Å². The molecule has 3 aliphatic rings. The van der Waals surface area contributed by atoms with Gasteiger partial charge in [-0.2, -0.15) is 0 Å². The smallest absolute Gasteiger partial charge is 0.256 e. The van der Waals surface area contributed by atoms with E-state index in [1.54, 1.807) is 7.11 Å². The van der Waals surface area contributed by atoms with Gasteiger partial charge in [0.15, 0.2) is 0 Å². The molecule has 152 valence electrons. The summed E-state index contributed by atoms with van der Waals surface area (Å²) < 4.78 is 5.44. The van der Waals surface area contributed by atoms with E-state index in [-0.39, 0.29) is 24.4 Å². The van der Waals surface area contributed by atoms with Gasteiger partial charge in [-0.25, -0.2) is 10.4 Å². The fourth-order valence-electron chi connectivity index (χ4n) is 4.45. The lowest BCUT2D eigenvalue weighted by molar-refractivity contribution is -0.123. The molecule has 8 nitrogen and oxygen atoms in total. The van der Waals surface area contributed by atoms with Crippen molar-refractivity contribution in [2.24, 2.45) is 0 Å². The van der Waals surface area contributed by atoms with E-state index in [2.05, 4.69) is 28.1 Å². The first kappa shape index (κ1) is 19.1. The number of carbonyl (C=O) groups excluding carboxylic acids is 2. The second-order valence-electron chi connectivity index (χ2n) is 7.92. The zero-order chi connectivity index (χ0) is 19.7. The van der Waals surface area contributed by atoms with Crippen LogP contribution < -0.4 is 20.9 Å². The van der Waals surface area contributed by atoms with Crippen molar-refractivity contribution in [2.75, 3.05) is 7.11 Å². The Morgan fingerprint density at radius 2 is 2.14 bits per heavy atom. The van der Waals surface area contributed by atoms with E-state index >= 15 is 0 Å². The Morgan fingerprint density at radius 1 is 1.36 bits per heavy atom. The maximum absolute atomic E-state index is 12.9. The minimum atomic E-state index is -0.252. The van der Waals surface area contributed by atoms with Crippen molar-refractivity contribution in [1.29, 1.82) is 0 Å². The van der Waals surface area contributed by atoms with Gasteiger partial charge in [-0.05, 0) is 31.7 Å². The number of rotatable bonds is 6. The van der Waals surface area contributed by atoms with Gasteiger partial charge in [0.2, 0.25) is 11.8 Å². The van der Waals surface area contributed by atoms with Crippen LogP contribution >= 0.6 is 0 Å². The van der Waals surface area contributed by atoms with E-state index in [0.29, 0.717) is 30.1 Å². The number of hydrogen-bond acceptors (Lipinski definition) is 6. The first-order valence-corrected chi connectivity index (χ1v) is 10.3. The van der Waals surface area contributed by atoms with E-state index < -0.39 is 0 Å². The van der Waals surface area contributed by atoms with Crippen LogP contribution in [0.25, 0.3) is 0 Å². The molecule has 1 aromatic rings. The van der Waals surface area contributed by atoms with Crippen LogP contribution in [0, 0.1) is 0 Å². The largest absolute Gasteiger partial charge is 0.481 e. The van der Waals surface area contributed by atoms with Crippen molar-refractivity contribution >= 4 is 11.8 Å². The van der Waals surface area contributed by atoms with Crippen molar-refractivity contribution in [3.8, 4) is 5.88 Å². The second kappa shape index (κ2) is 8.05. The monoisotopic (exact) mass is 387 g/mol. The molecule has 2 fully saturated rings. The normalized spacial score (nSPS) is 24.6. The van der Waals surface area contributed by atoms with Crippen molar-refractivity contribution in [3.63, 3.8) is 0 Å². The zero-order valence-electron chi connectivity index (χ0n) is 16.6. The summed E-state index contributed by atoms with van der Waals surface area (Å²) in [5.41, 5.74) is 8.32. The van der Waals surface area contributed by atoms with Crippen LogP contribution in [0.2, 0.25) is 0 Å². The molecule has 2 unspecified atom stereocenters. The highest BCUT2D eigenvalue weighted by Gasteiger charge is 2.36. The molecule has 2 amide bonds. The number of carbonyl (C=O) groups is 2. The lowest BCUT2D eigenvalue weighted by Gasteiger charge is -2.22. The standard InChI is InChI=1S/C20H29N5O3/c1-3-13-9-16(24-23-13)18(26)21-10-12-8-15-17(22-19(12)28-2)11-25(20(15)27)14-6-4-5-7-14/h8,13-14,16,23-24H,3-7,9-11H2,1-2H3,(H,21,26). The lowest BCUT2D eigenvalue weighted by atomic mass is 10.1. The van der Waals surface area contributed by atoms with Gasteiger partial charge in [0.1, 0.15) is 6.04 Å². The minimum absolute atomic E-state index is 0.0528. The van der Waals surface area contributed by atoms with Gasteiger partial charge < -0.3 is 15.0 Å². The van der Waals surface area contributed by atoms with Crippen LogP contribution in [0.1, 0.15) is 67.1 Å². The maximum Gasteiger partial charge on any atom is 0.256 e. The molecule has 0 radical (unpaired) electrons. The predicted molar refractivity (Wildman–Crippen MR) is 104 cm³/mol. The molecule has 1 aromatic heterocycles. The van der Waals surface area contributed by atoms with Crippen LogP contribution in [0.15, 0.2) is 6.07 Å². The first-order valence-electron chi connectivity index (χ1n) is 10.3. The molecule has 1 saturated carbocycles. The summed E-state index contributed by atoms with van der Waals surface area (Å²) in [6, 6.07) is 2.22. The number of hydrogen-bond donors (Lipinski definition) is 3. The average Bonchev–Trinajstić information content (AvgIpc) is 3.45. The quantitative estimate of drug-likeness (QED) is 0.680. The molecule has 0 bridgehead atoms. The van der Waals surface area contributed by atoms with Gasteiger partial charge in [-0.15, -0.1) is 0 Å². The number of methoxy groups -OCH3 is 1. The van der Waals surface area contributed by atoms with Gasteiger partial charge in [0, 0.05) is 24.2 Å². The molecular formula is C20H29N5O3. The summed E-state index contributed by atoms with van der Waals surface area (Å²) >= 11 is 0. The van der Waals surface area contributed by atoms with Crippen LogP contribution in [0.3, 0.4) is 0 Å². The van der Waals surface area contributed by atoms with Gasteiger partial charge >= 0.3 is 0 Å². The van der Waals surface area contributed by atoms with Crippen molar-refractivity contribution < 1.29 is 14.3 Å². The molecule has 1 saturated heterocycles. The maximum atomic E-state index is 12.9. The third-order valence-corrected chi connectivity index (χ3v) is 6.16. The van der Waals surface area contributed by atoms with E-state index in [1.165, 1.54) is 12.8 Å². The first-order chi connectivity index (χ1) is 13.6. The Kier molecular flexibility index (Phi) is 5.50. The Morgan fingerprint density at radius 3 is 2.82 bits per heavy atom. The number of nitrogens with zero attached hydrogens (tertiary/aromatic N) is 2. The van der Waals surface area contributed by atoms with Gasteiger partial charge in [0.25, 0.3) is 5.91 Å². The lowest BCUT2D eigenvalue weighted by Crippen LogP contribution is -2.43. The van der Waals surface area contributed by atoms with Crippen LogP contribution in [-0.4, -0.2) is 46.9 Å². The number of nitrogens with one attached hydrogen (secondary N) is 3. The van der Waals surface area contributed by atoms with Crippen molar-refractivity contribution in [2.45, 2.75) is 76.7 Å². The van der Waals surface area contributed by atoms with Gasteiger partial charge in [-0.3, -0.25) is 15.0 Å². The zero-order valence-corrected chi connectivity index (χ0v) is 16.6. The van der Waals surface area contributed by atoms with Crippen LogP contribution in [-0.2, 0) is 17.9 Å². The molecule has 3 heterocycles. The molecule has 2 aliphatic heterocycles. The Bertz CT molecular complexity index is 762. The highest BCUT2D eigenvalue weighted by Crippen LogP contribution is 2.33. The molecular weight excluding hydrogens is 358 g/mol. The highest BCUT2D eigenvalue weighted by atomic mass is 16.5. The number of amides is 2. The Balaban J connectivity index is 1.45. The summed E-state index contributed by atoms with van der Waals surface area (Å²) in [4.78, 5) is 31.9. The Labute approximate surface area is 165 Å². The number of hydrazine groups is 1. The summed E-state index contributed by atoms with van der Waals surface area (Å²) in [7, 11) is 1.57. The van der Waals surface area contributed by atoms with E-state index in [1.807, 2.05) is 11.0 Å². The molecule has 1 aliphatic carbocycles. The Hall–Kier alpha value is -2.19. The van der Waals surface area contributed by atoms with Crippen LogP contribution in [0.5, 0.6) is 5.88 Å². The third kappa shape index (κ3) is 3.58. The average molecular weight is 387 g/mol. The molecule has 0 aromatic carbocycles. The minimum Gasteiger partial charge on any atom is -0.481 e. The number of pyridine rings is 1. The number of ether oxygens (including phenoxy) is 1. The molecule has 8 heteroatoms. The summed E-state index contributed by atoms with van der Waals surface area (Å²) in [5, 5.41) is 2.95. The molecule has 0 spiro atoms. The number of fused-ring (bicyclic) bond motifs is 1. The molecule has 28 heavy (non-hydrogen) atoms. The summed E-state index contributed by atoms with van der Waals surface area (Å²) in [6.45, 7) is 2.93. The summed E-state index contributed by atoms with van der Waals surface area (Å²) in [6.07, 6.45) is 6.24. The SMILES string of the molecule is CCC1CC(C(=O)NCc2cc3c(nc2OC)CN(C2CCCC2)C3=O)NN1. The van der Waals surface area contributed by atoms with Gasteiger partial charge in [-0.1, -0.05) is 19.8 Å². The predicted octanol–water partition coefficient (Wildman–Crippen LogP) is 1.25. The molecule has 4 rings (SSSR count). The third-order valence-electron chi connectivity index (χ3n) is 6.16. The number of aromatic nitrogens is 1. The van der Waals surface area contributed by atoms with Gasteiger partial charge in [0.05, 0.1) is 24.9 Å². The van der Waals surface area contributed by atoms with E-state index in [9.17, 15) is 9.59 Å². The van der Waals surface area contributed by atoms with Crippen molar-refractivity contribution in [1.82, 2.24) is 26.1 Å². The second-order valence-corrected chi connectivity index (χ2v) is 7.92. The summed E-state index contributed by atoms with van der Waals surface area (Å²) in [5.74, 6) is 0.464. The molecule has 2 atom stereocenters. The molecule has 3 N–H and O–H groups in total. The highest BCUT2D eigenvalue weighted by molar-refractivity contribution is 5.98.